The molecule has 3 aromatic carbocycles. The summed E-state index contributed by atoms with van der Waals surface area (Å²) < 4.78 is 64.0. The first-order valence-electron chi connectivity index (χ1n) is 10.2. The van der Waals surface area contributed by atoms with Crippen LogP contribution in [-0.2, 0) is 6.18 Å². The first kappa shape index (κ1) is 22.8. The summed E-state index contributed by atoms with van der Waals surface area (Å²) in [6.45, 7) is 0.389. The third kappa shape index (κ3) is 4.42. The fourth-order valence-electron chi connectivity index (χ4n) is 3.57. The van der Waals surface area contributed by atoms with Gasteiger partial charge >= 0.3 is 6.18 Å². The highest BCUT2D eigenvalue weighted by atomic mass is 35.5. The summed E-state index contributed by atoms with van der Waals surface area (Å²) >= 11 is 6.07. The van der Waals surface area contributed by atoms with Gasteiger partial charge in [0, 0.05) is 5.69 Å². The number of hydrogen-bond acceptors (Lipinski definition) is 5. The highest BCUT2D eigenvalue weighted by Crippen LogP contribution is 2.41. The molecule has 12 heteroatoms. The van der Waals surface area contributed by atoms with Crippen molar-refractivity contribution >= 4 is 45.9 Å². The largest absolute Gasteiger partial charge is 0.485 e. The Morgan fingerprint density at radius 2 is 1.77 bits per heavy atom. The summed E-state index contributed by atoms with van der Waals surface area (Å²) in [6.07, 6.45) is -4.49. The lowest BCUT2D eigenvalue weighted by Crippen LogP contribution is -2.20. The molecule has 0 bridgehead atoms. The molecule has 0 atom stereocenters. The van der Waals surface area contributed by atoms with E-state index < -0.39 is 23.5 Å². The van der Waals surface area contributed by atoms with Crippen LogP contribution in [0.5, 0.6) is 11.5 Å². The number of rotatable bonds is 4. The van der Waals surface area contributed by atoms with Crippen LogP contribution < -0.4 is 20.1 Å². The molecule has 180 valence electrons. The smallest absolute Gasteiger partial charge is 0.416 e. The van der Waals surface area contributed by atoms with E-state index in [1.165, 1.54) is 24.3 Å². The monoisotopic (exact) mass is 506 g/mol. The number of para-hydroxylation sites is 1. The van der Waals surface area contributed by atoms with Crippen LogP contribution >= 0.6 is 11.6 Å². The summed E-state index contributed by atoms with van der Waals surface area (Å²) in [5.41, 5.74) is 0.126. The number of halogens is 5. The molecule has 1 aromatic heterocycles. The molecule has 0 radical (unpaired) electrons. The quantitative estimate of drug-likeness (QED) is 0.289. The van der Waals surface area contributed by atoms with Crippen molar-refractivity contribution in [1.29, 1.82) is 0 Å². The third-order valence-electron chi connectivity index (χ3n) is 5.18. The number of amides is 1. The molecule has 0 saturated carbocycles. The van der Waals surface area contributed by atoms with Crippen molar-refractivity contribution in [1.82, 2.24) is 9.97 Å². The van der Waals surface area contributed by atoms with Crippen LogP contribution in [0.25, 0.3) is 11.0 Å². The Balaban J connectivity index is 1.49. The Labute approximate surface area is 200 Å². The van der Waals surface area contributed by atoms with Crippen molar-refractivity contribution in [2.75, 3.05) is 23.8 Å². The number of fused-ring (bicyclic) bond motifs is 3. The number of benzene rings is 3. The number of anilines is 3. The molecule has 0 unspecified atom stereocenters. The Morgan fingerprint density at radius 1 is 1.06 bits per heavy atom. The number of hydrogen-bond donors (Lipinski definition) is 3. The SMILES string of the molecule is O=C(Nc1ccc(C(F)(F)F)cc1)c1cc2[nH]c(Nc3c(F)cccc3Cl)nc2c2c1OCCO2. The molecule has 1 amide bonds. The minimum atomic E-state index is -4.49. The van der Waals surface area contributed by atoms with Crippen molar-refractivity contribution in [2.24, 2.45) is 0 Å². The van der Waals surface area contributed by atoms with Crippen molar-refractivity contribution in [3.05, 3.63) is 70.5 Å². The van der Waals surface area contributed by atoms with Crippen LogP contribution in [0.2, 0.25) is 5.02 Å². The highest BCUT2D eigenvalue weighted by molar-refractivity contribution is 6.33. The van der Waals surface area contributed by atoms with E-state index in [-0.39, 0.29) is 52.6 Å². The number of nitrogens with one attached hydrogen (secondary N) is 3. The van der Waals surface area contributed by atoms with Crippen molar-refractivity contribution in [3.8, 4) is 11.5 Å². The molecular weight excluding hydrogens is 492 g/mol. The fraction of sp³-hybridized carbons (Fsp3) is 0.130. The molecule has 3 N–H and O–H groups in total. The molecule has 7 nitrogen and oxygen atoms in total. The van der Waals surface area contributed by atoms with Crippen LogP contribution in [0.15, 0.2) is 48.5 Å². The van der Waals surface area contributed by atoms with E-state index in [9.17, 15) is 22.4 Å². The molecule has 2 heterocycles. The van der Waals surface area contributed by atoms with Crippen LogP contribution in [0.4, 0.5) is 34.9 Å². The minimum Gasteiger partial charge on any atom is -0.485 e. The van der Waals surface area contributed by atoms with Crippen molar-refractivity contribution < 1.29 is 31.8 Å². The Hall–Kier alpha value is -3.99. The van der Waals surface area contributed by atoms with E-state index in [0.29, 0.717) is 11.0 Å². The minimum absolute atomic E-state index is 0.0135. The van der Waals surface area contributed by atoms with Gasteiger partial charge in [-0.05, 0) is 42.5 Å². The second-order valence-electron chi connectivity index (χ2n) is 7.51. The maximum absolute atomic E-state index is 14.2. The van der Waals surface area contributed by atoms with Gasteiger partial charge in [0.25, 0.3) is 5.91 Å². The molecule has 1 aliphatic rings. The molecule has 0 aliphatic carbocycles. The fourth-order valence-corrected chi connectivity index (χ4v) is 3.78. The van der Waals surface area contributed by atoms with Gasteiger partial charge in [0.15, 0.2) is 11.5 Å². The van der Waals surface area contributed by atoms with Gasteiger partial charge in [-0.15, -0.1) is 0 Å². The molecule has 35 heavy (non-hydrogen) atoms. The number of ether oxygens (including phenoxy) is 2. The van der Waals surface area contributed by atoms with Gasteiger partial charge in [-0.25, -0.2) is 9.37 Å². The average Bonchev–Trinajstić information content (AvgIpc) is 3.24. The number of carbonyl (C=O) groups excluding carboxylic acids is 1. The Morgan fingerprint density at radius 3 is 2.46 bits per heavy atom. The van der Waals surface area contributed by atoms with E-state index >= 15 is 0 Å². The van der Waals surface area contributed by atoms with Crippen LogP contribution in [-0.4, -0.2) is 29.1 Å². The van der Waals surface area contributed by atoms with Gasteiger partial charge in [0.2, 0.25) is 5.95 Å². The number of alkyl halides is 3. The van der Waals surface area contributed by atoms with E-state index in [4.69, 9.17) is 21.1 Å². The second-order valence-corrected chi connectivity index (χ2v) is 7.92. The van der Waals surface area contributed by atoms with Crippen molar-refractivity contribution in [2.45, 2.75) is 6.18 Å². The highest BCUT2D eigenvalue weighted by Gasteiger charge is 2.30. The van der Waals surface area contributed by atoms with Crippen LogP contribution in [0.3, 0.4) is 0 Å². The maximum atomic E-state index is 14.2. The number of aromatic amines is 1. The topological polar surface area (TPSA) is 88.3 Å². The van der Waals surface area contributed by atoms with Gasteiger partial charge in [0.1, 0.15) is 24.5 Å². The van der Waals surface area contributed by atoms with E-state index in [0.717, 1.165) is 24.3 Å². The van der Waals surface area contributed by atoms with Gasteiger partial charge in [-0.1, -0.05) is 17.7 Å². The predicted molar refractivity (Wildman–Crippen MR) is 121 cm³/mol. The molecule has 5 rings (SSSR count). The zero-order valence-corrected chi connectivity index (χ0v) is 18.4. The summed E-state index contributed by atoms with van der Waals surface area (Å²) in [4.78, 5) is 20.3. The van der Waals surface area contributed by atoms with Crippen LogP contribution in [0.1, 0.15) is 15.9 Å². The summed E-state index contributed by atoms with van der Waals surface area (Å²) in [7, 11) is 0. The molecule has 1 aliphatic heterocycles. The van der Waals surface area contributed by atoms with Gasteiger partial charge in [-0.3, -0.25) is 4.79 Å². The Bertz CT molecular complexity index is 1420. The maximum Gasteiger partial charge on any atom is 0.416 e. The van der Waals surface area contributed by atoms with Gasteiger partial charge in [-0.2, -0.15) is 13.2 Å². The zero-order valence-electron chi connectivity index (χ0n) is 17.6. The number of imidazole rings is 1. The summed E-state index contributed by atoms with van der Waals surface area (Å²) in [5, 5.41) is 5.48. The molecular formula is C23H15ClF4N4O3. The van der Waals surface area contributed by atoms with E-state index in [1.807, 2.05) is 0 Å². The average molecular weight is 507 g/mol. The first-order chi connectivity index (χ1) is 16.7. The normalized spacial score (nSPS) is 13.1. The second kappa shape index (κ2) is 8.66. The van der Waals surface area contributed by atoms with Gasteiger partial charge < -0.3 is 25.1 Å². The molecule has 0 fully saturated rings. The van der Waals surface area contributed by atoms with E-state index in [2.05, 4.69) is 20.6 Å². The van der Waals surface area contributed by atoms with Crippen LogP contribution in [0, 0.1) is 5.82 Å². The summed E-state index contributed by atoms with van der Waals surface area (Å²) in [6, 6.07) is 9.72. The lowest BCUT2D eigenvalue weighted by molar-refractivity contribution is -0.137. The standard InChI is InChI=1S/C23H15ClF4N4O3/c24-14-2-1-3-15(25)17(14)31-22-30-16-10-13(19-20(18(16)32-22)35-9-8-34-19)21(33)29-12-6-4-11(5-7-12)23(26,27)28/h1-7,10H,8-9H2,(H,29,33)(H2,30,31,32). The van der Waals surface area contributed by atoms with Gasteiger partial charge in [0.05, 0.1) is 27.4 Å². The molecule has 0 saturated heterocycles. The number of aromatic nitrogens is 2. The first-order valence-corrected chi connectivity index (χ1v) is 10.6. The number of carbonyl (C=O) groups is 1. The number of nitrogens with zero attached hydrogens (tertiary/aromatic N) is 1. The summed E-state index contributed by atoms with van der Waals surface area (Å²) in [5.74, 6) is -0.736. The lowest BCUT2D eigenvalue weighted by atomic mass is 10.1. The van der Waals surface area contributed by atoms with E-state index in [1.54, 1.807) is 0 Å². The molecule has 0 spiro atoms. The predicted octanol–water partition coefficient (Wildman–Crippen LogP) is 6.14. The number of H-pyrrole nitrogens is 1. The molecule has 4 aromatic rings. The Kier molecular flexibility index (Phi) is 5.64. The van der Waals surface area contributed by atoms with Crippen molar-refractivity contribution in [3.63, 3.8) is 0 Å². The lowest BCUT2D eigenvalue weighted by Gasteiger charge is -2.21. The third-order valence-corrected chi connectivity index (χ3v) is 5.50. The zero-order chi connectivity index (χ0) is 24.7.